The highest BCUT2D eigenvalue weighted by Crippen LogP contribution is 2.18. The van der Waals surface area contributed by atoms with Crippen LogP contribution in [0.15, 0.2) is 30.3 Å². The van der Waals surface area contributed by atoms with Crippen molar-refractivity contribution in [1.29, 1.82) is 0 Å². The molecule has 0 amide bonds. The Bertz CT molecular complexity index is 490. The van der Waals surface area contributed by atoms with Crippen molar-refractivity contribution in [3.8, 4) is 0 Å². The first-order valence-electron chi connectivity index (χ1n) is 6.58. The number of hydrogen-bond acceptors (Lipinski definition) is 6. The minimum atomic E-state index is -2.13. The molecule has 6 nitrogen and oxygen atoms in total. The summed E-state index contributed by atoms with van der Waals surface area (Å²) in [6.45, 7) is 4.43. The Morgan fingerprint density at radius 3 is 1.86 bits per heavy atom. The van der Waals surface area contributed by atoms with Crippen LogP contribution in [-0.2, 0) is 23.8 Å². The zero-order valence-corrected chi connectivity index (χ0v) is 12.3. The van der Waals surface area contributed by atoms with E-state index in [1.54, 1.807) is 32.0 Å². The van der Waals surface area contributed by atoms with Gasteiger partial charge in [0.25, 0.3) is 0 Å². The summed E-state index contributed by atoms with van der Waals surface area (Å²) >= 11 is 0. The van der Waals surface area contributed by atoms with E-state index in [0.29, 0.717) is 0 Å². The second kappa shape index (κ2) is 7.42. The fraction of sp³-hybridized carbons (Fsp3) is 0.400. The zero-order chi connectivity index (χ0) is 15.9. The predicted octanol–water partition coefficient (Wildman–Crippen LogP) is 1.73. The molecule has 1 aromatic carbocycles. The highest BCUT2D eigenvalue weighted by atomic mass is 16.6. The third-order valence-electron chi connectivity index (χ3n) is 2.64. The van der Waals surface area contributed by atoms with Crippen molar-refractivity contribution in [2.24, 2.45) is 0 Å². The summed E-state index contributed by atoms with van der Waals surface area (Å²) in [5.41, 5.74) is -1.91. The van der Waals surface area contributed by atoms with Crippen LogP contribution in [0.4, 0.5) is 0 Å². The summed E-state index contributed by atoms with van der Waals surface area (Å²) in [6, 6.07) is 8.04. The fourth-order valence-corrected chi connectivity index (χ4v) is 1.52. The van der Waals surface area contributed by atoms with Crippen LogP contribution in [0.25, 0.3) is 0 Å². The molecule has 0 saturated heterocycles. The largest absolute Gasteiger partial charge is 0.463 e. The van der Waals surface area contributed by atoms with Crippen molar-refractivity contribution in [2.75, 3.05) is 13.2 Å². The van der Waals surface area contributed by atoms with Gasteiger partial charge in [0.15, 0.2) is 0 Å². The maximum atomic E-state index is 12.0. The average molecular weight is 294 g/mol. The van der Waals surface area contributed by atoms with Crippen LogP contribution < -0.4 is 0 Å². The lowest BCUT2D eigenvalue weighted by atomic mass is 10.1. The van der Waals surface area contributed by atoms with Crippen LogP contribution in [-0.4, -0.2) is 36.7 Å². The van der Waals surface area contributed by atoms with Gasteiger partial charge >= 0.3 is 23.5 Å². The van der Waals surface area contributed by atoms with Gasteiger partial charge in [-0.3, -0.25) is 0 Å². The minimum absolute atomic E-state index is 0.0523. The molecule has 0 unspecified atom stereocenters. The molecule has 0 atom stereocenters. The Labute approximate surface area is 123 Å². The summed E-state index contributed by atoms with van der Waals surface area (Å²) in [6.07, 6.45) is 0. The molecule has 0 heterocycles. The Kier molecular flexibility index (Phi) is 5.90. The van der Waals surface area contributed by atoms with Gasteiger partial charge in [-0.15, -0.1) is 0 Å². The first-order valence-corrected chi connectivity index (χ1v) is 6.58. The number of hydrogen-bond donors (Lipinski definition) is 0. The molecule has 0 aliphatic rings. The van der Waals surface area contributed by atoms with E-state index in [2.05, 4.69) is 0 Å². The lowest BCUT2D eigenvalue weighted by Gasteiger charge is -2.24. The molecule has 21 heavy (non-hydrogen) atoms. The lowest BCUT2D eigenvalue weighted by molar-refractivity contribution is -0.181. The molecule has 0 aliphatic carbocycles. The quantitative estimate of drug-likeness (QED) is 0.451. The van der Waals surface area contributed by atoms with Crippen molar-refractivity contribution in [3.63, 3.8) is 0 Å². The van der Waals surface area contributed by atoms with Gasteiger partial charge in [-0.25, -0.2) is 14.4 Å². The number of ether oxygens (including phenoxy) is 3. The maximum absolute atomic E-state index is 12.0. The SMILES string of the molecule is CCOC(=O)C(C)(OC(=O)c1ccccc1)C(=O)OCC. The number of esters is 3. The Morgan fingerprint density at radius 2 is 1.43 bits per heavy atom. The molecule has 0 saturated carbocycles. The van der Waals surface area contributed by atoms with Crippen LogP contribution in [0.2, 0.25) is 0 Å². The van der Waals surface area contributed by atoms with Gasteiger partial charge < -0.3 is 14.2 Å². The number of rotatable bonds is 6. The van der Waals surface area contributed by atoms with E-state index in [1.165, 1.54) is 12.1 Å². The summed E-state index contributed by atoms with van der Waals surface area (Å²) in [7, 11) is 0. The summed E-state index contributed by atoms with van der Waals surface area (Å²) in [4.78, 5) is 35.9. The van der Waals surface area contributed by atoms with E-state index >= 15 is 0 Å². The van der Waals surface area contributed by atoms with Crippen molar-refractivity contribution < 1.29 is 28.6 Å². The molecule has 0 aliphatic heterocycles. The van der Waals surface area contributed by atoms with Gasteiger partial charge in [0.05, 0.1) is 18.8 Å². The van der Waals surface area contributed by atoms with E-state index in [9.17, 15) is 14.4 Å². The minimum Gasteiger partial charge on any atom is -0.463 e. The Morgan fingerprint density at radius 1 is 0.952 bits per heavy atom. The second-order valence-corrected chi connectivity index (χ2v) is 4.23. The molecule has 0 aromatic heterocycles. The summed E-state index contributed by atoms with van der Waals surface area (Å²) in [5.74, 6) is -2.74. The van der Waals surface area contributed by atoms with Crippen molar-refractivity contribution in [3.05, 3.63) is 35.9 Å². The molecule has 0 radical (unpaired) electrons. The molecule has 6 heteroatoms. The highest BCUT2D eigenvalue weighted by Gasteiger charge is 2.48. The Hall–Kier alpha value is -2.37. The van der Waals surface area contributed by atoms with E-state index < -0.39 is 23.5 Å². The second-order valence-electron chi connectivity index (χ2n) is 4.23. The number of carbonyl (C=O) groups is 3. The van der Waals surface area contributed by atoms with Gasteiger partial charge in [0.1, 0.15) is 0 Å². The van der Waals surface area contributed by atoms with Crippen LogP contribution in [0.3, 0.4) is 0 Å². The van der Waals surface area contributed by atoms with Gasteiger partial charge in [-0.1, -0.05) is 18.2 Å². The van der Waals surface area contributed by atoms with Crippen LogP contribution in [0.1, 0.15) is 31.1 Å². The summed E-state index contributed by atoms with van der Waals surface area (Å²) in [5, 5.41) is 0. The molecule has 0 spiro atoms. The monoisotopic (exact) mass is 294 g/mol. The van der Waals surface area contributed by atoms with Gasteiger partial charge in [-0.2, -0.15) is 0 Å². The zero-order valence-electron chi connectivity index (χ0n) is 12.3. The topological polar surface area (TPSA) is 78.9 Å². The molecule has 1 rings (SSSR count). The van der Waals surface area contributed by atoms with E-state index in [1.807, 2.05) is 0 Å². The van der Waals surface area contributed by atoms with Gasteiger partial charge in [0, 0.05) is 0 Å². The maximum Gasteiger partial charge on any atom is 0.362 e. The molecule has 0 bridgehead atoms. The molecular weight excluding hydrogens is 276 g/mol. The first kappa shape index (κ1) is 16.7. The summed E-state index contributed by atoms with van der Waals surface area (Å²) < 4.78 is 14.7. The van der Waals surface area contributed by atoms with Crippen LogP contribution in [0, 0.1) is 0 Å². The number of benzene rings is 1. The number of carbonyl (C=O) groups excluding carboxylic acids is 3. The lowest BCUT2D eigenvalue weighted by Crippen LogP contribution is -2.50. The molecule has 0 fully saturated rings. The Balaban J connectivity index is 2.99. The van der Waals surface area contributed by atoms with E-state index in [-0.39, 0.29) is 18.8 Å². The highest BCUT2D eigenvalue weighted by molar-refractivity contribution is 6.06. The van der Waals surface area contributed by atoms with Crippen molar-refractivity contribution in [1.82, 2.24) is 0 Å². The standard InChI is InChI=1S/C15H18O6/c1-4-19-13(17)15(3,14(18)20-5-2)21-12(16)11-9-7-6-8-10-11/h6-10H,4-5H2,1-3H3. The van der Waals surface area contributed by atoms with E-state index in [0.717, 1.165) is 6.92 Å². The van der Waals surface area contributed by atoms with Crippen LogP contribution in [0.5, 0.6) is 0 Å². The fourth-order valence-electron chi connectivity index (χ4n) is 1.52. The van der Waals surface area contributed by atoms with Crippen molar-refractivity contribution >= 4 is 17.9 Å². The third kappa shape index (κ3) is 4.05. The van der Waals surface area contributed by atoms with Crippen LogP contribution >= 0.6 is 0 Å². The third-order valence-corrected chi connectivity index (χ3v) is 2.64. The van der Waals surface area contributed by atoms with Gasteiger partial charge in [0.2, 0.25) is 0 Å². The molecule has 1 aromatic rings. The average Bonchev–Trinajstić information content (AvgIpc) is 2.48. The van der Waals surface area contributed by atoms with Crippen molar-refractivity contribution in [2.45, 2.75) is 26.4 Å². The molecule has 114 valence electrons. The van der Waals surface area contributed by atoms with E-state index in [4.69, 9.17) is 14.2 Å². The van der Waals surface area contributed by atoms with Gasteiger partial charge in [-0.05, 0) is 32.9 Å². The normalized spacial score (nSPS) is 10.6. The smallest absolute Gasteiger partial charge is 0.362 e. The molecule has 0 N–H and O–H groups in total. The first-order chi connectivity index (χ1) is 9.95. The predicted molar refractivity (Wildman–Crippen MR) is 73.5 cm³/mol. The molecular formula is C15H18O6.